The maximum Gasteiger partial charge on any atom is 0.244 e. The highest BCUT2D eigenvalue weighted by Crippen LogP contribution is 2.34. The zero-order valence-corrected chi connectivity index (χ0v) is 17.7. The number of hydrogen-bond donors (Lipinski definition) is 1. The highest BCUT2D eigenvalue weighted by atomic mass is 32.2. The average Bonchev–Trinajstić information content (AvgIpc) is 3.43. The molecule has 156 valence electrons. The lowest BCUT2D eigenvalue weighted by Crippen LogP contribution is -2.48. The van der Waals surface area contributed by atoms with Crippen LogP contribution in [0.2, 0.25) is 0 Å². The molecule has 10 heteroatoms. The first-order valence-corrected chi connectivity index (χ1v) is 11.0. The van der Waals surface area contributed by atoms with Gasteiger partial charge in [0.05, 0.1) is 11.6 Å². The summed E-state index contributed by atoms with van der Waals surface area (Å²) < 4.78 is 1.74. The SMILES string of the molecule is CN1CCN(C(=O)Cn2cc(C3=CN(c4ncnc5[nH]ccc45)CCS3)cn2)CC1. The monoisotopic (exact) mass is 424 g/mol. The van der Waals surface area contributed by atoms with E-state index < -0.39 is 0 Å². The summed E-state index contributed by atoms with van der Waals surface area (Å²) in [7, 11) is 2.09. The van der Waals surface area contributed by atoms with E-state index in [1.807, 2.05) is 29.6 Å². The zero-order chi connectivity index (χ0) is 20.5. The average molecular weight is 425 g/mol. The van der Waals surface area contributed by atoms with Gasteiger partial charge in [-0.05, 0) is 13.1 Å². The molecule has 3 aromatic heterocycles. The smallest absolute Gasteiger partial charge is 0.244 e. The van der Waals surface area contributed by atoms with Crippen LogP contribution < -0.4 is 4.90 Å². The third-order valence-electron chi connectivity index (χ3n) is 5.54. The Morgan fingerprint density at radius 3 is 2.93 bits per heavy atom. The number of fused-ring (bicyclic) bond motifs is 1. The third-order valence-corrected chi connectivity index (χ3v) is 6.58. The van der Waals surface area contributed by atoms with Gasteiger partial charge in [-0.3, -0.25) is 9.48 Å². The summed E-state index contributed by atoms with van der Waals surface area (Å²) in [5, 5.41) is 5.44. The number of aromatic nitrogens is 5. The fourth-order valence-electron chi connectivity index (χ4n) is 3.78. The molecule has 0 radical (unpaired) electrons. The van der Waals surface area contributed by atoms with Crippen LogP contribution in [0, 0.1) is 0 Å². The molecule has 3 aromatic rings. The van der Waals surface area contributed by atoms with Crippen molar-refractivity contribution >= 4 is 39.4 Å². The fraction of sp³-hybridized carbons (Fsp3) is 0.400. The Labute approximate surface area is 178 Å². The van der Waals surface area contributed by atoms with Crippen molar-refractivity contribution in [3.8, 4) is 0 Å². The van der Waals surface area contributed by atoms with Gasteiger partial charge >= 0.3 is 0 Å². The van der Waals surface area contributed by atoms with Crippen molar-refractivity contribution in [3.05, 3.63) is 42.7 Å². The van der Waals surface area contributed by atoms with Gasteiger partial charge in [0, 0.05) is 67.5 Å². The summed E-state index contributed by atoms with van der Waals surface area (Å²) in [5.41, 5.74) is 1.86. The maximum atomic E-state index is 12.6. The largest absolute Gasteiger partial charge is 0.346 e. The number of carbonyl (C=O) groups is 1. The zero-order valence-electron chi connectivity index (χ0n) is 16.9. The van der Waals surface area contributed by atoms with Crippen LogP contribution in [0.4, 0.5) is 5.82 Å². The van der Waals surface area contributed by atoms with E-state index in [9.17, 15) is 4.79 Å². The van der Waals surface area contributed by atoms with Crippen LogP contribution >= 0.6 is 11.8 Å². The van der Waals surface area contributed by atoms with E-state index in [4.69, 9.17) is 0 Å². The molecular weight excluding hydrogens is 400 g/mol. The highest BCUT2D eigenvalue weighted by molar-refractivity contribution is 8.08. The van der Waals surface area contributed by atoms with Crippen molar-refractivity contribution in [1.82, 2.24) is 34.5 Å². The Morgan fingerprint density at radius 1 is 1.20 bits per heavy atom. The number of anilines is 1. The molecule has 1 fully saturated rings. The predicted molar refractivity (Wildman–Crippen MR) is 118 cm³/mol. The lowest BCUT2D eigenvalue weighted by molar-refractivity contribution is -0.133. The molecule has 0 bridgehead atoms. The van der Waals surface area contributed by atoms with Gasteiger partial charge in [0.1, 0.15) is 24.3 Å². The normalized spacial score (nSPS) is 18.1. The Hall–Kier alpha value is -2.85. The predicted octanol–water partition coefficient (Wildman–Crippen LogP) is 1.48. The van der Waals surface area contributed by atoms with Crippen molar-refractivity contribution in [2.24, 2.45) is 0 Å². The quantitative estimate of drug-likeness (QED) is 0.679. The summed E-state index contributed by atoms with van der Waals surface area (Å²) in [6.45, 7) is 4.57. The van der Waals surface area contributed by atoms with E-state index in [1.165, 1.54) is 0 Å². The van der Waals surface area contributed by atoms with Crippen LogP contribution in [0.15, 0.2) is 37.2 Å². The van der Waals surface area contributed by atoms with Crippen molar-refractivity contribution in [2.45, 2.75) is 6.54 Å². The van der Waals surface area contributed by atoms with E-state index in [1.54, 1.807) is 22.8 Å². The summed E-state index contributed by atoms with van der Waals surface area (Å²) in [5.74, 6) is 1.98. The fourth-order valence-corrected chi connectivity index (χ4v) is 4.76. The molecule has 0 aliphatic carbocycles. The van der Waals surface area contributed by atoms with Crippen molar-refractivity contribution in [2.75, 3.05) is 50.4 Å². The lowest BCUT2D eigenvalue weighted by atomic mass is 10.3. The summed E-state index contributed by atoms with van der Waals surface area (Å²) in [6.07, 6.45) is 9.39. The second-order valence-corrected chi connectivity index (χ2v) is 8.72. The molecule has 0 saturated carbocycles. The molecule has 30 heavy (non-hydrogen) atoms. The number of nitrogens with one attached hydrogen (secondary N) is 1. The molecule has 0 spiro atoms. The van der Waals surface area contributed by atoms with E-state index in [2.05, 4.69) is 43.1 Å². The first-order valence-electron chi connectivity index (χ1n) is 10.1. The number of aromatic amines is 1. The number of hydrogen-bond acceptors (Lipinski definition) is 7. The molecule has 1 N–H and O–H groups in total. The van der Waals surface area contributed by atoms with Crippen molar-refractivity contribution in [3.63, 3.8) is 0 Å². The topological polar surface area (TPSA) is 86.2 Å². The van der Waals surface area contributed by atoms with Crippen LogP contribution in [0.5, 0.6) is 0 Å². The Bertz CT molecular complexity index is 1080. The highest BCUT2D eigenvalue weighted by Gasteiger charge is 2.21. The minimum Gasteiger partial charge on any atom is -0.346 e. The molecule has 5 heterocycles. The molecular formula is C20H24N8OS. The number of rotatable bonds is 4. The van der Waals surface area contributed by atoms with Gasteiger partial charge in [0.2, 0.25) is 5.91 Å². The summed E-state index contributed by atoms with van der Waals surface area (Å²) >= 11 is 1.80. The Kier molecular flexibility index (Phi) is 5.17. The van der Waals surface area contributed by atoms with E-state index in [-0.39, 0.29) is 12.5 Å². The molecule has 0 atom stereocenters. The van der Waals surface area contributed by atoms with Gasteiger partial charge in [-0.25, -0.2) is 9.97 Å². The lowest BCUT2D eigenvalue weighted by Gasteiger charge is -2.32. The Balaban J connectivity index is 1.32. The number of amides is 1. The first kappa shape index (κ1) is 19.1. The van der Waals surface area contributed by atoms with Gasteiger partial charge < -0.3 is 19.7 Å². The molecule has 0 unspecified atom stereocenters. The van der Waals surface area contributed by atoms with Gasteiger partial charge in [0.25, 0.3) is 0 Å². The van der Waals surface area contributed by atoms with Crippen LogP contribution in [0.1, 0.15) is 5.56 Å². The molecule has 1 amide bonds. The van der Waals surface area contributed by atoms with E-state index in [0.29, 0.717) is 0 Å². The van der Waals surface area contributed by atoms with Gasteiger partial charge in [0.15, 0.2) is 0 Å². The standard InChI is InChI=1S/C20H24N8OS/c1-25-4-6-26(7-5-25)18(29)13-28-11-15(10-24-28)17-12-27(8-9-30-17)20-16-2-3-21-19(16)22-14-23-20/h2-3,10-12,14H,4-9,13H2,1H3,(H,21,22,23). The van der Waals surface area contributed by atoms with Gasteiger partial charge in [-0.2, -0.15) is 5.10 Å². The summed E-state index contributed by atoms with van der Waals surface area (Å²) in [6, 6.07) is 2.00. The van der Waals surface area contributed by atoms with Crippen molar-refractivity contribution in [1.29, 1.82) is 0 Å². The molecule has 9 nitrogen and oxygen atoms in total. The number of thioether (sulfide) groups is 1. The third kappa shape index (κ3) is 3.80. The van der Waals surface area contributed by atoms with Crippen LogP contribution in [0.3, 0.4) is 0 Å². The Morgan fingerprint density at radius 2 is 2.07 bits per heavy atom. The van der Waals surface area contributed by atoms with Crippen LogP contribution in [-0.2, 0) is 11.3 Å². The number of piperazine rings is 1. The van der Waals surface area contributed by atoms with Gasteiger partial charge in [-0.1, -0.05) is 0 Å². The number of H-pyrrole nitrogens is 1. The summed E-state index contributed by atoms with van der Waals surface area (Å²) in [4.78, 5) is 32.0. The van der Waals surface area contributed by atoms with Crippen molar-refractivity contribution < 1.29 is 4.79 Å². The van der Waals surface area contributed by atoms with Crippen LogP contribution in [0.25, 0.3) is 15.9 Å². The van der Waals surface area contributed by atoms with E-state index in [0.717, 1.165) is 65.8 Å². The van der Waals surface area contributed by atoms with Gasteiger partial charge in [-0.15, -0.1) is 11.8 Å². The maximum absolute atomic E-state index is 12.6. The number of carbonyl (C=O) groups excluding carboxylic acids is 1. The second kappa shape index (κ2) is 8.11. The molecule has 0 aromatic carbocycles. The minimum absolute atomic E-state index is 0.125. The number of nitrogens with zero attached hydrogens (tertiary/aromatic N) is 7. The molecule has 2 aliphatic heterocycles. The molecule has 1 saturated heterocycles. The van der Waals surface area contributed by atoms with Crippen LogP contribution in [-0.4, -0.2) is 86.0 Å². The number of likely N-dealkylation sites (N-methyl/N-ethyl adjacent to an activating group) is 1. The minimum atomic E-state index is 0.125. The first-order chi connectivity index (χ1) is 14.7. The van der Waals surface area contributed by atoms with E-state index >= 15 is 0 Å². The molecule has 5 rings (SSSR count). The second-order valence-electron chi connectivity index (χ2n) is 7.58. The molecule has 2 aliphatic rings.